The van der Waals surface area contributed by atoms with E-state index >= 15 is 0 Å². The minimum absolute atomic E-state index is 0.0143. The van der Waals surface area contributed by atoms with Gasteiger partial charge in [0.1, 0.15) is 6.61 Å². The van der Waals surface area contributed by atoms with E-state index in [4.69, 9.17) is 19.3 Å². The molecule has 0 spiro atoms. The van der Waals surface area contributed by atoms with Crippen LogP contribution < -0.4 is 5.32 Å². The molecule has 0 radical (unpaired) electrons. The van der Waals surface area contributed by atoms with Crippen LogP contribution in [-0.4, -0.2) is 53.5 Å². The normalized spacial score (nSPS) is 12.2. The van der Waals surface area contributed by atoms with E-state index in [1.165, 1.54) is 32.6 Å². The van der Waals surface area contributed by atoms with Crippen LogP contribution in [0.5, 0.6) is 0 Å². The molecule has 0 saturated heterocycles. The molecule has 0 aromatic rings. The van der Waals surface area contributed by atoms with Gasteiger partial charge in [-0.1, -0.05) is 96.8 Å². The lowest BCUT2D eigenvalue weighted by atomic mass is 10.1. The molecule has 0 aliphatic heterocycles. The number of carbonyl (C=O) groups excluding carboxylic acids is 3. The third-order valence-electron chi connectivity index (χ3n) is 6.32. The minimum Gasteiger partial charge on any atom is -0.462 e. The molecule has 230 valence electrons. The topological polar surface area (TPSA) is 148 Å². The highest BCUT2D eigenvalue weighted by molar-refractivity contribution is 7.46. The van der Waals surface area contributed by atoms with Crippen molar-refractivity contribution in [2.24, 2.45) is 0 Å². The zero-order valence-electron chi connectivity index (χ0n) is 24.3. The van der Waals surface area contributed by atoms with Gasteiger partial charge in [0, 0.05) is 26.3 Å². The third-order valence-corrected chi connectivity index (χ3v) is 6.81. The van der Waals surface area contributed by atoms with Crippen LogP contribution in [0.3, 0.4) is 0 Å². The summed E-state index contributed by atoms with van der Waals surface area (Å²) in [5.74, 6) is -0.918. The van der Waals surface area contributed by atoms with E-state index < -0.39 is 32.5 Å². The summed E-state index contributed by atoms with van der Waals surface area (Å²) in [6, 6.07) is 0. The molecule has 0 rings (SSSR count). The van der Waals surface area contributed by atoms with Crippen molar-refractivity contribution in [1.29, 1.82) is 0 Å². The van der Waals surface area contributed by atoms with Gasteiger partial charge in [-0.3, -0.25) is 18.9 Å². The molecule has 0 bridgehead atoms. The average Bonchev–Trinajstić information content (AvgIpc) is 2.87. The summed E-state index contributed by atoms with van der Waals surface area (Å²) >= 11 is 0. The molecule has 0 saturated carbocycles. The van der Waals surface area contributed by atoms with Gasteiger partial charge in [0.15, 0.2) is 6.10 Å². The van der Waals surface area contributed by atoms with Crippen molar-refractivity contribution in [3.63, 3.8) is 0 Å². The summed E-state index contributed by atoms with van der Waals surface area (Å²) in [6.07, 6.45) is 17.4. The fourth-order valence-corrected chi connectivity index (χ4v) is 4.46. The Morgan fingerprint density at radius 1 is 0.692 bits per heavy atom. The lowest BCUT2D eigenvalue weighted by Crippen LogP contribution is -2.29. The predicted octanol–water partition coefficient (Wildman–Crippen LogP) is 6.12. The number of ether oxygens (including phenoxy) is 2. The van der Waals surface area contributed by atoms with Crippen LogP contribution >= 0.6 is 7.82 Å². The van der Waals surface area contributed by atoms with E-state index in [1.807, 2.05) is 0 Å². The number of amides is 1. The molecular weight excluding hydrogens is 525 g/mol. The van der Waals surface area contributed by atoms with Gasteiger partial charge in [0.05, 0.1) is 6.61 Å². The third kappa shape index (κ3) is 29.3. The molecular formula is C28H54NO9P. The highest BCUT2D eigenvalue weighted by Crippen LogP contribution is 2.35. The van der Waals surface area contributed by atoms with E-state index in [0.717, 1.165) is 77.2 Å². The van der Waals surface area contributed by atoms with Gasteiger partial charge in [-0.05, 0) is 19.3 Å². The molecule has 0 aromatic heterocycles. The Hall–Kier alpha value is -1.48. The largest absolute Gasteiger partial charge is 0.469 e. The molecule has 0 fully saturated rings. The van der Waals surface area contributed by atoms with Crippen LogP contribution in [0.4, 0.5) is 0 Å². The Labute approximate surface area is 235 Å². The van der Waals surface area contributed by atoms with Crippen LogP contribution in [0.25, 0.3) is 0 Å². The second-order valence-corrected chi connectivity index (χ2v) is 11.5. The smallest absolute Gasteiger partial charge is 0.462 e. The number of unbranched alkanes of at least 4 members (excludes halogenated alkanes) is 15. The molecule has 0 aliphatic rings. The molecule has 1 atom stereocenters. The van der Waals surface area contributed by atoms with Gasteiger partial charge in [-0.15, -0.1) is 0 Å². The first-order valence-electron chi connectivity index (χ1n) is 14.9. The predicted molar refractivity (Wildman–Crippen MR) is 151 cm³/mol. The maximum absolute atomic E-state index is 12.2. The molecule has 3 N–H and O–H groups in total. The monoisotopic (exact) mass is 579 g/mol. The van der Waals surface area contributed by atoms with Crippen molar-refractivity contribution in [3.8, 4) is 0 Å². The Morgan fingerprint density at radius 3 is 1.64 bits per heavy atom. The molecule has 0 heterocycles. The highest BCUT2D eigenvalue weighted by atomic mass is 31.2. The lowest BCUT2D eigenvalue weighted by Gasteiger charge is -2.18. The quantitative estimate of drug-likeness (QED) is 0.0594. The number of hydrogen-bond acceptors (Lipinski definition) is 7. The minimum atomic E-state index is -4.74. The summed E-state index contributed by atoms with van der Waals surface area (Å²) in [5.41, 5.74) is 0. The molecule has 1 amide bonds. The molecule has 10 nitrogen and oxygen atoms in total. The van der Waals surface area contributed by atoms with Crippen molar-refractivity contribution < 1.29 is 42.7 Å². The average molecular weight is 580 g/mol. The number of rotatable bonds is 27. The van der Waals surface area contributed by atoms with Crippen molar-refractivity contribution >= 4 is 25.7 Å². The van der Waals surface area contributed by atoms with Crippen molar-refractivity contribution in [2.75, 3.05) is 19.8 Å². The van der Waals surface area contributed by atoms with Gasteiger partial charge in [-0.25, -0.2) is 4.57 Å². The van der Waals surface area contributed by atoms with Crippen molar-refractivity contribution in [2.45, 2.75) is 142 Å². The number of nitrogens with one attached hydrogen (secondary N) is 1. The Bertz CT molecular complexity index is 684. The number of phosphoric ester groups is 1. The molecule has 0 aromatic carbocycles. The van der Waals surface area contributed by atoms with Crippen LogP contribution in [-0.2, 0) is 32.9 Å². The first-order chi connectivity index (χ1) is 18.6. The summed E-state index contributed by atoms with van der Waals surface area (Å²) in [7, 11) is -4.74. The Morgan fingerprint density at radius 2 is 1.15 bits per heavy atom. The van der Waals surface area contributed by atoms with Gasteiger partial charge in [0.25, 0.3) is 0 Å². The number of carbonyl (C=O) groups is 3. The van der Waals surface area contributed by atoms with E-state index in [0.29, 0.717) is 12.8 Å². The van der Waals surface area contributed by atoms with Gasteiger partial charge < -0.3 is 24.6 Å². The molecule has 0 unspecified atom stereocenters. The second kappa shape index (κ2) is 25.5. The molecule has 39 heavy (non-hydrogen) atoms. The fraction of sp³-hybridized carbons (Fsp3) is 0.893. The van der Waals surface area contributed by atoms with E-state index in [2.05, 4.69) is 16.8 Å². The Balaban J connectivity index is 4.00. The summed E-state index contributed by atoms with van der Waals surface area (Å²) in [5, 5.41) is 2.80. The maximum atomic E-state index is 12.2. The summed E-state index contributed by atoms with van der Waals surface area (Å²) in [6.45, 7) is 3.60. The van der Waals surface area contributed by atoms with Crippen molar-refractivity contribution in [1.82, 2.24) is 5.32 Å². The van der Waals surface area contributed by atoms with E-state index in [1.54, 1.807) is 0 Å². The Kier molecular flexibility index (Phi) is 24.5. The zero-order valence-corrected chi connectivity index (χ0v) is 25.2. The number of esters is 2. The number of phosphoric acid groups is 1. The van der Waals surface area contributed by atoms with Crippen LogP contribution in [0, 0.1) is 0 Å². The standard InChI is InChI=1S/C28H54NO9P/c1-3-4-5-6-7-11-15-18-21-28(32)38-26(24-37-39(33,34)35)23-36-27(31)20-17-14-12-9-8-10-13-16-19-22-29-25(2)30/h26H,3-24H2,1-2H3,(H,29,30)(H2,33,34,35)/t26-/m1/s1. The fourth-order valence-electron chi connectivity index (χ4n) is 4.10. The molecule has 0 aliphatic carbocycles. The number of hydrogen-bond donors (Lipinski definition) is 3. The van der Waals surface area contributed by atoms with Crippen LogP contribution in [0.15, 0.2) is 0 Å². The van der Waals surface area contributed by atoms with Gasteiger partial charge in [0.2, 0.25) is 5.91 Å². The molecule has 11 heteroatoms. The lowest BCUT2D eigenvalue weighted by molar-refractivity contribution is -0.161. The van der Waals surface area contributed by atoms with E-state index in [9.17, 15) is 18.9 Å². The first-order valence-corrected chi connectivity index (χ1v) is 16.5. The summed E-state index contributed by atoms with van der Waals surface area (Å²) < 4.78 is 26.0. The van der Waals surface area contributed by atoms with Crippen molar-refractivity contribution in [3.05, 3.63) is 0 Å². The first kappa shape index (κ1) is 37.5. The SMILES string of the molecule is CCCCCCCCCCC(=O)O[C@H](COC(=O)CCCCCCCCCCCNC(C)=O)COP(=O)(O)O. The van der Waals surface area contributed by atoms with Gasteiger partial charge >= 0.3 is 19.8 Å². The van der Waals surface area contributed by atoms with Gasteiger partial charge in [-0.2, -0.15) is 0 Å². The maximum Gasteiger partial charge on any atom is 0.469 e. The highest BCUT2D eigenvalue weighted by Gasteiger charge is 2.22. The van der Waals surface area contributed by atoms with Crippen LogP contribution in [0.2, 0.25) is 0 Å². The summed E-state index contributed by atoms with van der Waals surface area (Å²) in [4.78, 5) is 53.0. The van der Waals surface area contributed by atoms with Crippen LogP contribution in [0.1, 0.15) is 136 Å². The second-order valence-electron chi connectivity index (χ2n) is 10.2. The van der Waals surface area contributed by atoms with E-state index in [-0.39, 0.29) is 25.4 Å². The zero-order chi connectivity index (χ0) is 29.2.